The molecule has 0 aliphatic heterocycles. The van der Waals surface area contributed by atoms with E-state index in [-0.39, 0.29) is 11.3 Å². The van der Waals surface area contributed by atoms with Gasteiger partial charge in [-0.1, -0.05) is 78.1 Å². The number of hydrogen-bond acceptors (Lipinski definition) is 1. The predicted octanol–water partition coefficient (Wildman–Crippen LogP) is 6.31. The minimum atomic E-state index is -0.610. The van der Waals surface area contributed by atoms with Crippen LogP contribution in [0.5, 0.6) is 0 Å². The number of halogens is 1. The molecule has 3 unspecified atom stereocenters. The van der Waals surface area contributed by atoms with Gasteiger partial charge >= 0.3 is 0 Å². The van der Waals surface area contributed by atoms with Gasteiger partial charge in [-0.25, -0.2) is 0 Å². The van der Waals surface area contributed by atoms with Crippen LogP contribution in [0.1, 0.15) is 98.3 Å². The molecule has 1 nitrogen and oxygen atoms in total. The Labute approximate surface area is 132 Å². The van der Waals surface area contributed by atoms with Gasteiger partial charge in [-0.05, 0) is 20.3 Å². The van der Waals surface area contributed by atoms with Crippen molar-refractivity contribution >= 4 is 11.6 Å². The van der Waals surface area contributed by atoms with Crippen molar-refractivity contribution in [1.29, 1.82) is 0 Å². The van der Waals surface area contributed by atoms with Crippen molar-refractivity contribution in [2.24, 2.45) is 5.92 Å². The first-order valence-corrected chi connectivity index (χ1v) is 9.22. The van der Waals surface area contributed by atoms with Gasteiger partial charge in [0.2, 0.25) is 0 Å². The Morgan fingerprint density at radius 3 is 1.65 bits per heavy atom. The molecule has 3 atom stereocenters. The van der Waals surface area contributed by atoms with Crippen LogP contribution in [0.4, 0.5) is 0 Å². The molecule has 0 saturated carbocycles. The summed E-state index contributed by atoms with van der Waals surface area (Å²) in [5.74, 6) is 0.155. The van der Waals surface area contributed by atoms with Gasteiger partial charge in [0, 0.05) is 11.3 Å². The van der Waals surface area contributed by atoms with Crippen molar-refractivity contribution in [2.45, 2.75) is 109 Å². The zero-order valence-electron chi connectivity index (χ0n) is 14.3. The fourth-order valence-corrected chi connectivity index (χ4v) is 2.96. The Morgan fingerprint density at radius 2 is 1.25 bits per heavy atom. The quantitative estimate of drug-likeness (QED) is 0.312. The van der Waals surface area contributed by atoms with E-state index in [0.29, 0.717) is 0 Å². The fraction of sp³-hybridized carbons (Fsp3) is 1.00. The van der Waals surface area contributed by atoms with Crippen LogP contribution in [0.2, 0.25) is 0 Å². The number of unbranched alkanes of at least 4 members (excludes halogenated alkanes) is 9. The van der Waals surface area contributed by atoms with Crippen molar-refractivity contribution in [3.8, 4) is 0 Å². The molecule has 0 rings (SSSR count). The summed E-state index contributed by atoms with van der Waals surface area (Å²) in [6.45, 7) is 8.22. The van der Waals surface area contributed by atoms with Gasteiger partial charge in [0.25, 0.3) is 0 Å². The highest BCUT2D eigenvalue weighted by molar-refractivity contribution is 6.20. The molecule has 0 aliphatic rings. The molecular weight excluding hydrogens is 268 g/mol. The second-order valence-electron chi connectivity index (χ2n) is 6.76. The Morgan fingerprint density at radius 1 is 0.850 bits per heavy atom. The lowest BCUT2D eigenvalue weighted by atomic mass is 9.84. The number of aliphatic hydroxyl groups is 1. The van der Waals surface area contributed by atoms with Crippen LogP contribution in [0.15, 0.2) is 0 Å². The highest BCUT2D eigenvalue weighted by Gasteiger charge is 2.30. The summed E-state index contributed by atoms with van der Waals surface area (Å²) in [5.41, 5.74) is -0.610. The highest BCUT2D eigenvalue weighted by atomic mass is 35.5. The number of rotatable bonds is 13. The standard InChI is InChI=1S/C18H37ClO/c1-5-6-7-8-9-10-11-12-13-14-15-18(4,20)16(2)17(3)19/h16-17,20H,5-15H2,1-4H3. The molecule has 2 heteroatoms. The SMILES string of the molecule is CCCCCCCCCCCCC(C)(O)C(C)C(C)Cl. The van der Waals surface area contributed by atoms with Crippen molar-refractivity contribution in [2.75, 3.05) is 0 Å². The molecule has 0 aromatic rings. The molecule has 0 aliphatic carbocycles. The molecule has 122 valence electrons. The number of alkyl halides is 1. The van der Waals surface area contributed by atoms with Gasteiger partial charge in [-0.3, -0.25) is 0 Å². The summed E-state index contributed by atoms with van der Waals surface area (Å²) in [6.07, 6.45) is 14.2. The maximum atomic E-state index is 10.4. The average Bonchev–Trinajstić information content (AvgIpc) is 2.39. The van der Waals surface area contributed by atoms with Crippen molar-refractivity contribution in [3.05, 3.63) is 0 Å². The summed E-state index contributed by atoms with van der Waals surface area (Å²) >= 11 is 6.09. The third kappa shape index (κ3) is 10.0. The molecule has 1 N–H and O–H groups in total. The Kier molecular flexibility index (Phi) is 12.0. The van der Waals surface area contributed by atoms with Crippen LogP contribution < -0.4 is 0 Å². The first-order valence-electron chi connectivity index (χ1n) is 8.78. The Bertz CT molecular complexity index is 213. The smallest absolute Gasteiger partial charge is 0.0659 e. The van der Waals surface area contributed by atoms with Gasteiger partial charge < -0.3 is 5.11 Å². The molecular formula is C18H37ClO. The van der Waals surface area contributed by atoms with E-state index < -0.39 is 5.60 Å². The van der Waals surface area contributed by atoms with Crippen molar-refractivity contribution in [1.82, 2.24) is 0 Å². The lowest BCUT2D eigenvalue weighted by Crippen LogP contribution is -2.37. The van der Waals surface area contributed by atoms with E-state index in [1.165, 1.54) is 57.8 Å². The van der Waals surface area contributed by atoms with Crippen molar-refractivity contribution < 1.29 is 5.11 Å². The molecule has 0 aromatic heterocycles. The van der Waals surface area contributed by atoms with E-state index in [0.717, 1.165) is 12.8 Å². The topological polar surface area (TPSA) is 20.2 Å². The van der Waals surface area contributed by atoms with Gasteiger partial charge in [0.1, 0.15) is 0 Å². The van der Waals surface area contributed by atoms with Crippen LogP contribution in [0, 0.1) is 5.92 Å². The maximum absolute atomic E-state index is 10.4. The molecule has 20 heavy (non-hydrogen) atoms. The summed E-state index contributed by atoms with van der Waals surface area (Å²) in [6, 6.07) is 0. The second kappa shape index (κ2) is 11.9. The molecule has 0 amide bonds. The van der Waals surface area contributed by atoms with E-state index in [4.69, 9.17) is 11.6 Å². The second-order valence-corrected chi connectivity index (χ2v) is 7.44. The van der Waals surface area contributed by atoms with Gasteiger partial charge in [0.15, 0.2) is 0 Å². The van der Waals surface area contributed by atoms with E-state index in [2.05, 4.69) is 6.92 Å². The van der Waals surface area contributed by atoms with Gasteiger partial charge in [-0.2, -0.15) is 0 Å². The lowest BCUT2D eigenvalue weighted by Gasteiger charge is -2.32. The maximum Gasteiger partial charge on any atom is 0.0659 e. The molecule has 0 heterocycles. The van der Waals surface area contributed by atoms with Crippen LogP contribution >= 0.6 is 11.6 Å². The van der Waals surface area contributed by atoms with E-state index in [1.807, 2.05) is 20.8 Å². The third-order valence-corrected chi connectivity index (χ3v) is 5.08. The Balaban J connectivity index is 3.43. The van der Waals surface area contributed by atoms with E-state index >= 15 is 0 Å². The number of hydrogen-bond donors (Lipinski definition) is 1. The normalized spacial score (nSPS) is 17.7. The average molecular weight is 305 g/mol. The fourth-order valence-electron chi connectivity index (χ4n) is 2.69. The first-order chi connectivity index (χ1) is 9.41. The van der Waals surface area contributed by atoms with E-state index in [9.17, 15) is 5.11 Å². The van der Waals surface area contributed by atoms with Crippen LogP contribution in [-0.4, -0.2) is 16.1 Å². The predicted molar refractivity (Wildman–Crippen MR) is 91.6 cm³/mol. The lowest BCUT2D eigenvalue weighted by molar-refractivity contribution is -0.00385. The zero-order valence-corrected chi connectivity index (χ0v) is 15.0. The summed E-state index contributed by atoms with van der Waals surface area (Å²) in [4.78, 5) is 0. The summed E-state index contributed by atoms with van der Waals surface area (Å²) < 4.78 is 0. The van der Waals surface area contributed by atoms with Crippen LogP contribution in [-0.2, 0) is 0 Å². The van der Waals surface area contributed by atoms with Crippen LogP contribution in [0.25, 0.3) is 0 Å². The summed E-state index contributed by atoms with van der Waals surface area (Å²) in [5, 5.41) is 10.4. The molecule has 0 radical (unpaired) electrons. The largest absolute Gasteiger partial charge is 0.390 e. The minimum absolute atomic E-state index is 0.0353. The molecule has 0 spiro atoms. The Hall–Kier alpha value is 0.250. The van der Waals surface area contributed by atoms with Crippen LogP contribution in [0.3, 0.4) is 0 Å². The molecule has 0 aromatic carbocycles. The minimum Gasteiger partial charge on any atom is -0.390 e. The highest BCUT2D eigenvalue weighted by Crippen LogP contribution is 2.28. The molecule has 0 bridgehead atoms. The monoisotopic (exact) mass is 304 g/mol. The van der Waals surface area contributed by atoms with Gasteiger partial charge in [0.05, 0.1) is 5.60 Å². The zero-order chi connectivity index (χ0) is 15.4. The van der Waals surface area contributed by atoms with Crippen molar-refractivity contribution in [3.63, 3.8) is 0 Å². The summed E-state index contributed by atoms with van der Waals surface area (Å²) in [7, 11) is 0. The molecule has 0 saturated heterocycles. The van der Waals surface area contributed by atoms with Gasteiger partial charge in [-0.15, -0.1) is 11.6 Å². The van der Waals surface area contributed by atoms with E-state index in [1.54, 1.807) is 0 Å². The first kappa shape index (κ1) is 20.2. The third-order valence-electron chi connectivity index (χ3n) is 4.71. The molecule has 0 fully saturated rings.